The Morgan fingerprint density at radius 1 is 1.44 bits per heavy atom. The van der Waals surface area contributed by atoms with Gasteiger partial charge in [-0.3, -0.25) is 0 Å². The first kappa shape index (κ1) is 11.2. The number of ether oxygens (including phenoxy) is 1. The minimum absolute atomic E-state index is 0.172. The van der Waals surface area contributed by atoms with Gasteiger partial charge in [0.1, 0.15) is 5.69 Å². The fourth-order valence-electron chi connectivity index (χ4n) is 1.48. The van der Waals surface area contributed by atoms with Crippen molar-refractivity contribution in [1.29, 1.82) is 0 Å². The van der Waals surface area contributed by atoms with Gasteiger partial charge in [0.15, 0.2) is 0 Å². The van der Waals surface area contributed by atoms with Gasteiger partial charge in [-0.15, -0.1) is 0 Å². The first-order valence-corrected chi connectivity index (χ1v) is 5.51. The molecule has 0 spiro atoms. The fourth-order valence-corrected chi connectivity index (χ4v) is 1.62. The number of anilines is 1. The fraction of sp³-hybridized carbons (Fsp3) is 0.455. The molecule has 2 rings (SSSR count). The molecule has 0 aliphatic carbocycles. The van der Waals surface area contributed by atoms with Crippen LogP contribution in [-0.2, 0) is 4.74 Å². The molecule has 2 heterocycles. The Hall–Kier alpha value is -1.31. The van der Waals surface area contributed by atoms with Crippen LogP contribution in [0.1, 0.15) is 18.5 Å². The molecule has 16 heavy (non-hydrogen) atoms. The summed E-state index contributed by atoms with van der Waals surface area (Å²) in [4.78, 5) is 7.76. The molecule has 1 aliphatic rings. The van der Waals surface area contributed by atoms with Gasteiger partial charge < -0.3 is 10.5 Å². The van der Waals surface area contributed by atoms with Gasteiger partial charge in [-0.25, -0.2) is 9.97 Å². The average Bonchev–Trinajstić information content (AvgIpc) is 2.32. The SMILES string of the molecule is Nc1cnc(Cl)nc1C#CC1CCOCC1. The predicted molar refractivity (Wildman–Crippen MR) is 61.9 cm³/mol. The molecule has 0 saturated carbocycles. The van der Waals surface area contributed by atoms with Crippen LogP contribution in [0.25, 0.3) is 0 Å². The van der Waals surface area contributed by atoms with E-state index >= 15 is 0 Å². The molecule has 2 N–H and O–H groups in total. The number of nitrogens with zero attached hydrogens (tertiary/aromatic N) is 2. The number of halogens is 1. The van der Waals surface area contributed by atoms with E-state index in [-0.39, 0.29) is 5.28 Å². The maximum absolute atomic E-state index is 5.69. The summed E-state index contributed by atoms with van der Waals surface area (Å²) >= 11 is 5.67. The largest absolute Gasteiger partial charge is 0.395 e. The summed E-state index contributed by atoms with van der Waals surface area (Å²) in [5.74, 6) is 6.47. The highest BCUT2D eigenvalue weighted by molar-refractivity contribution is 6.28. The van der Waals surface area contributed by atoms with Crippen molar-refractivity contribution in [3.63, 3.8) is 0 Å². The van der Waals surface area contributed by atoms with Gasteiger partial charge in [-0.05, 0) is 30.4 Å². The first-order chi connectivity index (χ1) is 7.75. The van der Waals surface area contributed by atoms with Crippen LogP contribution in [0.4, 0.5) is 5.69 Å². The molecule has 1 saturated heterocycles. The number of nitrogens with two attached hydrogens (primary N) is 1. The zero-order valence-corrected chi connectivity index (χ0v) is 9.50. The smallest absolute Gasteiger partial charge is 0.223 e. The molecule has 84 valence electrons. The van der Waals surface area contributed by atoms with E-state index in [1.165, 1.54) is 6.20 Å². The summed E-state index contributed by atoms with van der Waals surface area (Å²) in [6, 6.07) is 0. The Morgan fingerprint density at radius 2 is 2.19 bits per heavy atom. The van der Waals surface area contributed by atoms with Crippen LogP contribution in [0.3, 0.4) is 0 Å². The summed E-state index contributed by atoms with van der Waals surface area (Å²) in [7, 11) is 0. The normalized spacial score (nSPS) is 16.6. The van der Waals surface area contributed by atoms with Crippen LogP contribution in [0.2, 0.25) is 5.28 Å². The maximum atomic E-state index is 5.69. The van der Waals surface area contributed by atoms with Crippen LogP contribution in [-0.4, -0.2) is 23.2 Å². The molecule has 0 atom stereocenters. The molecule has 1 fully saturated rings. The van der Waals surface area contributed by atoms with E-state index in [4.69, 9.17) is 22.1 Å². The highest BCUT2D eigenvalue weighted by Crippen LogP contribution is 2.14. The third-order valence-corrected chi connectivity index (χ3v) is 2.59. The minimum Gasteiger partial charge on any atom is -0.395 e. The summed E-state index contributed by atoms with van der Waals surface area (Å²) in [5, 5.41) is 0.172. The molecule has 0 unspecified atom stereocenters. The van der Waals surface area contributed by atoms with E-state index in [0.29, 0.717) is 17.3 Å². The molecule has 1 aromatic rings. The summed E-state index contributed by atoms with van der Waals surface area (Å²) in [5.41, 5.74) is 6.66. The van der Waals surface area contributed by atoms with Crippen molar-refractivity contribution < 1.29 is 4.74 Å². The number of hydrogen-bond donors (Lipinski definition) is 1. The van der Waals surface area contributed by atoms with Gasteiger partial charge in [-0.1, -0.05) is 5.92 Å². The molecule has 1 aromatic heterocycles. The van der Waals surface area contributed by atoms with Gasteiger partial charge >= 0.3 is 0 Å². The minimum atomic E-state index is 0.172. The Balaban J connectivity index is 2.13. The van der Waals surface area contributed by atoms with Crippen molar-refractivity contribution in [2.75, 3.05) is 18.9 Å². The van der Waals surface area contributed by atoms with Gasteiger partial charge in [0.05, 0.1) is 11.9 Å². The van der Waals surface area contributed by atoms with Crippen LogP contribution >= 0.6 is 11.6 Å². The van der Waals surface area contributed by atoms with Gasteiger partial charge in [0, 0.05) is 19.1 Å². The number of aromatic nitrogens is 2. The van der Waals surface area contributed by atoms with Crippen molar-refractivity contribution in [1.82, 2.24) is 9.97 Å². The van der Waals surface area contributed by atoms with Crippen molar-refractivity contribution >= 4 is 17.3 Å². The second-order valence-corrected chi connectivity index (χ2v) is 3.94. The Bertz CT molecular complexity index is 433. The van der Waals surface area contributed by atoms with Gasteiger partial charge in [0.2, 0.25) is 5.28 Å². The Kier molecular flexibility index (Phi) is 3.60. The molecular formula is C11H12ClN3O. The molecule has 1 aliphatic heterocycles. The van der Waals surface area contributed by atoms with Gasteiger partial charge in [0.25, 0.3) is 0 Å². The van der Waals surface area contributed by atoms with E-state index in [2.05, 4.69) is 21.8 Å². The zero-order valence-electron chi connectivity index (χ0n) is 8.74. The van der Waals surface area contributed by atoms with Crippen LogP contribution in [0.15, 0.2) is 6.20 Å². The molecule has 4 nitrogen and oxygen atoms in total. The van der Waals surface area contributed by atoms with Crippen molar-refractivity contribution in [3.05, 3.63) is 17.2 Å². The maximum Gasteiger partial charge on any atom is 0.223 e. The monoisotopic (exact) mass is 237 g/mol. The molecule has 0 aromatic carbocycles. The van der Waals surface area contributed by atoms with Crippen molar-refractivity contribution in [2.45, 2.75) is 12.8 Å². The Morgan fingerprint density at radius 3 is 2.94 bits per heavy atom. The lowest BCUT2D eigenvalue weighted by molar-refractivity contribution is 0.0807. The van der Waals surface area contributed by atoms with Crippen LogP contribution < -0.4 is 5.73 Å². The zero-order chi connectivity index (χ0) is 11.4. The second kappa shape index (κ2) is 5.15. The predicted octanol–water partition coefficient (Wildman–Crippen LogP) is 1.49. The van der Waals surface area contributed by atoms with Crippen molar-refractivity contribution in [3.8, 4) is 11.8 Å². The molecule has 0 bridgehead atoms. The topological polar surface area (TPSA) is 61.0 Å². The molecule has 5 heteroatoms. The third-order valence-electron chi connectivity index (χ3n) is 2.40. The molecule has 0 radical (unpaired) electrons. The lowest BCUT2D eigenvalue weighted by Gasteiger charge is -2.16. The van der Waals surface area contributed by atoms with Gasteiger partial charge in [-0.2, -0.15) is 0 Å². The van der Waals surface area contributed by atoms with E-state index in [1.807, 2.05) is 0 Å². The van der Waals surface area contributed by atoms with E-state index in [1.54, 1.807) is 0 Å². The summed E-state index contributed by atoms with van der Waals surface area (Å²) < 4.78 is 5.26. The molecule has 0 amide bonds. The number of nitrogen functional groups attached to an aromatic ring is 1. The number of rotatable bonds is 0. The average molecular weight is 238 g/mol. The molecular weight excluding hydrogens is 226 g/mol. The number of hydrogen-bond acceptors (Lipinski definition) is 4. The lowest BCUT2D eigenvalue weighted by atomic mass is 10.0. The standard InChI is InChI=1S/C11H12ClN3O/c12-11-14-7-9(13)10(15-11)2-1-8-3-5-16-6-4-8/h7-8H,3-6,13H2. The highest BCUT2D eigenvalue weighted by Gasteiger charge is 2.10. The van der Waals surface area contributed by atoms with Crippen LogP contribution in [0, 0.1) is 17.8 Å². The van der Waals surface area contributed by atoms with Crippen LogP contribution in [0.5, 0.6) is 0 Å². The van der Waals surface area contributed by atoms with E-state index in [0.717, 1.165) is 26.1 Å². The first-order valence-electron chi connectivity index (χ1n) is 5.13. The quantitative estimate of drug-likeness (QED) is 0.549. The highest BCUT2D eigenvalue weighted by atomic mass is 35.5. The summed E-state index contributed by atoms with van der Waals surface area (Å²) in [6.07, 6.45) is 3.40. The Labute approximate surface area is 99.2 Å². The van der Waals surface area contributed by atoms with E-state index in [9.17, 15) is 0 Å². The second-order valence-electron chi connectivity index (χ2n) is 3.60. The van der Waals surface area contributed by atoms with Crippen molar-refractivity contribution in [2.24, 2.45) is 5.92 Å². The third kappa shape index (κ3) is 2.84. The summed E-state index contributed by atoms with van der Waals surface area (Å²) in [6.45, 7) is 1.55. The van der Waals surface area contributed by atoms with E-state index < -0.39 is 0 Å². The lowest BCUT2D eigenvalue weighted by Crippen LogP contribution is -2.14.